The topological polar surface area (TPSA) is 40.9 Å². The summed E-state index contributed by atoms with van der Waals surface area (Å²) in [7, 11) is -2.50. The minimum absolute atomic E-state index is 0. The van der Waals surface area contributed by atoms with Gasteiger partial charge in [-0.3, -0.25) is 0 Å². The first kappa shape index (κ1) is 11.4. The maximum Gasteiger partial charge on any atom is 0.0696 e. The second-order valence-electron chi connectivity index (χ2n) is 2.16. The fraction of sp³-hybridized carbons (Fsp3) is 0.143. The van der Waals surface area contributed by atoms with E-state index in [0.717, 1.165) is 0 Å². The molecule has 1 N–H and O–H groups in total. The molecule has 0 amide bonds. The Bertz CT molecular complexity index is 306. The Morgan fingerprint density at radius 1 is 1.27 bits per heavy atom. The van der Waals surface area contributed by atoms with Crippen LogP contribution in [0.15, 0.2) is 35.2 Å². The summed E-state index contributed by atoms with van der Waals surface area (Å²) in [6, 6.07) is 8.82. The normalized spacial score (nSPS) is 14.6. The van der Waals surface area contributed by atoms with Crippen molar-refractivity contribution in [1.82, 2.24) is 0 Å². The predicted molar refractivity (Wildman–Crippen MR) is 41.5 cm³/mol. The summed E-state index contributed by atoms with van der Waals surface area (Å²) >= 11 is 0. The van der Waals surface area contributed by atoms with E-state index >= 15 is 0 Å². The van der Waals surface area contributed by atoms with Crippen molar-refractivity contribution in [2.45, 2.75) is 4.90 Å². The zero-order valence-electron chi connectivity index (χ0n) is 6.06. The van der Waals surface area contributed by atoms with E-state index in [1.54, 1.807) is 24.3 Å². The molecule has 0 aliphatic heterocycles. The van der Waals surface area contributed by atoms with Crippen LogP contribution in [0.25, 0.3) is 0 Å². The summed E-state index contributed by atoms with van der Waals surface area (Å²) in [4.78, 5) is 0.593. The molecule has 11 heavy (non-hydrogen) atoms. The summed E-state index contributed by atoms with van der Waals surface area (Å²) in [6.45, 7) is 0. The van der Waals surface area contributed by atoms with Gasteiger partial charge in [-0.2, -0.15) is 0 Å². The molecule has 0 radical (unpaired) electrons. The van der Waals surface area contributed by atoms with E-state index in [0.29, 0.717) is 4.90 Å². The van der Waals surface area contributed by atoms with E-state index < -0.39 is 9.73 Å². The van der Waals surface area contributed by atoms with Gasteiger partial charge in [-0.25, -0.2) is 8.99 Å². The number of nitrogens with one attached hydrogen (secondary N) is 1. The van der Waals surface area contributed by atoms with Crippen LogP contribution in [0.3, 0.4) is 0 Å². The van der Waals surface area contributed by atoms with Crippen LogP contribution in [0.4, 0.5) is 0 Å². The van der Waals surface area contributed by atoms with E-state index in [9.17, 15) is 4.21 Å². The maximum absolute atomic E-state index is 11.1. The molecular weight excluding hydrogens is 186 g/mol. The van der Waals surface area contributed by atoms with Gasteiger partial charge in [-0.15, -0.1) is 0 Å². The Labute approximate surface area is 97.0 Å². The summed E-state index contributed by atoms with van der Waals surface area (Å²) in [5, 5.41) is 0. The van der Waals surface area contributed by atoms with E-state index in [1.807, 2.05) is 6.07 Å². The summed E-state index contributed by atoms with van der Waals surface area (Å²) in [6.07, 6.45) is 1.42. The van der Waals surface area contributed by atoms with Gasteiger partial charge < -0.3 is 0 Å². The molecule has 0 saturated carbocycles. The zero-order valence-corrected chi connectivity index (χ0v) is 7.58. The van der Waals surface area contributed by atoms with Gasteiger partial charge in [0.25, 0.3) is 0 Å². The molecule has 1 atom stereocenters. The van der Waals surface area contributed by atoms with Crippen LogP contribution in [-0.2, 0) is 9.73 Å². The first-order valence-corrected chi connectivity index (χ1v) is 4.86. The average molecular weight is 195 g/mol. The van der Waals surface area contributed by atoms with Crippen LogP contribution in [0.2, 0.25) is 0 Å². The largest absolute Gasteiger partial charge is 0.249 e. The van der Waals surface area contributed by atoms with Crippen molar-refractivity contribution in [2.24, 2.45) is 0 Å². The Balaban J connectivity index is 0.000001000. The van der Waals surface area contributed by atoms with E-state index in [1.165, 1.54) is 6.26 Å². The predicted octanol–water partition coefficient (Wildman–Crippen LogP) is 1.72. The van der Waals surface area contributed by atoms with E-state index in [2.05, 4.69) is 0 Å². The molecule has 4 heteroatoms. The summed E-state index contributed by atoms with van der Waals surface area (Å²) in [5.41, 5.74) is 0. The van der Waals surface area contributed by atoms with Gasteiger partial charge in [0.1, 0.15) is 0 Å². The first-order chi connectivity index (χ1) is 4.61. The standard InChI is InChI=1S/C7H9NOS.Ar/c1-10(8,9)7-5-3-2-4-6-7;/h2-6,8H,1H3;. The molecule has 0 bridgehead atoms. The fourth-order valence-corrected chi connectivity index (χ4v) is 1.36. The van der Waals surface area contributed by atoms with E-state index in [4.69, 9.17) is 4.78 Å². The zero-order chi connectivity index (χ0) is 7.61. The van der Waals surface area contributed by atoms with Crippen LogP contribution in [0.5, 0.6) is 0 Å². The Hall–Kier alpha value is 0.430. The van der Waals surface area contributed by atoms with Crippen LogP contribution in [0, 0.1) is 42.5 Å². The molecule has 1 unspecified atom stereocenters. The molecule has 0 aromatic heterocycles. The van der Waals surface area contributed by atoms with Gasteiger partial charge in [0, 0.05) is 48.9 Å². The molecule has 1 aromatic carbocycles. The van der Waals surface area contributed by atoms with Crippen molar-refractivity contribution in [3.05, 3.63) is 30.3 Å². The number of hydrogen-bond acceptors (Lipinski definition) is 2. The van der Waals surface area contributed by atoms with Crippen molar-refractivity contribution in [3.63, 3.8) is 0 Å². The third-order valence-electron chi connectivity index (χ3n) is 1.19. The quantitative estimate of drug-likeness (QED) is 0.728. The monoisotopic (exact) mass is 195 g/mol. The third kappa shape index (κ3) is 3.56. The van der Waals surface area contributed by atoms with Gasteiger partial charge in [0.15, 0.2) is 0 Å². The smallest absolute Gasteiger partial charge is 0.0696 e. The molecule has 1 aromatic rings. The molecule has 0 spiro atoms. The average Bonchev–Trinajstić information content (AvgIpc) is 1.88. The van der Waals surface area contributed by atoms with Gasteiger partial charge >= 0.3 is 0 Å². The van der Waals surface area contributed by atoms with Crippen LogP contribution in [-0.4, -0.2) is 10.5 Å². The fourth-order valence-electron chi connectivity index (χ4n) is 0.680. The van der Waals surface area contributed by atoms with Crippen molar-refractivity contribution < 1.29 is 41.9 Å². The van der Waals surface area contributed by atoms with Gasteiger partial charge in [-0.1, -0.05) is 18.2 Å². The number of benzene rings is 1. The SMILES string of the molecule is CS(=N)(=O)c1ccccc1.[Ar]. The molecule has 0 aliphatic carbocycles. The molecule has 2 nitrogen and oxygen atoms in total. The van der Waals surface area contributed by atoms with Gasteiger partial charge in [-0.05, 0) is 12.1 Å². The molecule has 0 heterocycles. The minimum atomic E-state index is -2.50. The van der Waals surface area contributed by atoms with E-state index in [-0.39, 0.29) is 37.7 Å². The third-order valence-corrected chi connectivity index (χ3v) is 2.36. The molecule has 0 fully saturated rings. The van der Waals surface area contributed by atoms with Crippen molar-refractivity contribution in [2.75, 3.05) is 6.26 Å². The second kappa shape index (κ2) is 4.45. The van der Waals surface area contributed by atoms with Crippen LogP contribution >= 0.6 is 0 Å². The maximum atomic E-state index is 11.1. The van der Waals surface area contributed by atoms with Crippen LogP contribution < -0.4 is 0 Å². The summed E-state index contributed by atoms with van der Waals surface area (Å²) < 4.78 is 18.3. The van der Waals surface area contributed by atoms with Gasteiger partial charge in [0.2, 0.25) is 0 Å². The number of hydrogen-bond donors (Lipinski definition) is 1. The molecule has 0 aliphatic rings. The Morgan fingerprint density at radius 3 is 2.00 bits per heavy atom. The summed E-state index contributed by atoms with van der Waals surface area (Å²) in [5.74, 6) is 0. The number of rotatable bonds is 1. The first-order valence-electron chi connectivity index (χ1n) is 2.89. The van der Waals surface area contributed by atoms with Crippen molar-refractivity contribution in [1.29, 1.82) is 4.78 Å². The van der Waals surface area contributed by atoms with Crippen molar-refractivity contribution in [3.8, 4) is 0 Å². The second-order valence-corrected chi connectivity index (χ2v) is 4.32. The molecule has 0 saturated heterocycles. The van der Waals surface area contributed by atoms with Crippen LogP contribution in [0.1, 0.15) is 0 Å². The Morgan fingerprint density at radius 2 is 1.73 bits per heavy atom. The van der Waals surface area contributed by atoms with Gasteiger partial charge in [0.05, 0.1) is 9.73 Å². The molecule has 1 rings (SSSR count). The molecule has 62 valence electrons. The molecular formula is C7H9ArNOS. The minimum Gasteiger partial charge on any atom is -0.249 e. The Kier molecular flexibility index (Phi) is 4.63. The van der Waals surface area contributed by atoms with Crippen molar-refractivity contribution >= 4 is 9.73 Å².